The Morgan fingerprint density at radius 2 is 1.41 bits per heavy atom. The summed E-state index contributed by atoms with van der Waals surface area (Å²) >= 11 is 0. The van der Waals surface area contributed by atoms with Crippen molar-refractivity contribution in [2.24, 2.45) is 0 Å². The topological polar surface area (TPSA) is 66.8 Å². The highest BCUT2D eigenvalue weighted by atomic mass is 31.2. The van der Waals surface area contributed by atoms with Gasteiger partial charge in [0, 0.05) is 6.16 Å². The molecule has 0 unspecified atom stereocenters. The van der Waals surface area contributed by atoms with E-state index in [4.69, 9.17) is 14.5 Å². The van der Waals surface area contributed by atoms with Gasteiger partial charge in [-0.1, -0.05) is 45.1 Å². The number of hydrogen-bond donors (Lipinski definition) is 2. The van der Waals surface area contributed by atoms with Crippen LogP contribution in [0.5, 0.6) is 0 Å². The van der Waals surface area contributed by atoms with E-state index in [1.165, 1.54) is 25.5 Å². The zero-order chi connectivity index (χ0) is 13.0. The summed E-state index contributed by atoms with van der Waals surface area (Å²) in [5.74, 6) is 0. The summed E-state index contributed by atoms with van der Waals surface area (Å²) in [5, 5.41) is 0. The first kappa shape index (κ1) is 16.7. The third-order valence-electron chi connectivity index (χ3n) is 2.58. The predicted octanol–water partition coefficient (Wildman–Crippen LogP) is 3.45. The summed E-state index contributed by atoms with van der Waals surface area (Å²) in [6, 6.07) is 0. The van der Waals surface area contributed by atoms with Crippen molar-refractivity contribution < 1.29 is 19.1 Å². The van der Waals surface area contributed by atoms with E-state index >= 15 is 0 Å². The first-order valence-electron chi connectivity index (χ1n) is 6.33. The Labute approximate surface area is 104 Å². The zero-order valence-corrected chi connectivity index (χ0v) is 11.4. The highest BCUT2D eigenvalue weighted by Crippen LogP contribution is 2.35. The zero-order valence-electron chi connectivity index (χ0n) is 10.5. The van der Waals surface area contributed by atoms with Crippen LogP contribution in [-0.4, -0.2) is 22.6 Å². The van der Waals surface area contributed by atoms with Gasteiger partial charge in [-0.2, -0.15) is 0 Å². The molecule has 0 aliphatic rings. The van der Waals surface area contributed by atoms with Crippen LogP contribution >= 0.6 is 7.60 Å². The molecule has 0 radical (unpaired) electrons. The third kappa shape index (κ3) is 15.7. The van der Waals surface area contributed by atoms with Crippen LogP contribution in [-0.2, 0) is 9.30 Å². The quantitative estimate of drug-likeness (QED) is 0.322. The molecule has 0 rings (SSSR count). The van der Waals surface area contributed by atoms with Crippen LogP contribution in [0.1, 0.15) is 51.4 Å². The third-order valence-corrected chi connectivity index (χ3v) is 3.48. The van der Waals surface area contributed by atoms with Crippen molar-refractivity contribution in [3.8, 4) is 0 Å². The van der Waals surface area contributed by atoms with Gasteiger partial charge in [0.1, 0.15) is 0 Å². The van der Waals surface area contributed by atoms with Gasteiger partial charge in [0.25, 0.3) is 0 Å². The second kappa shape index (κ2) is 10.8. The maximum Gasteiger partial charge on any atom is 0.325 e. The van der Waals surface area contributed by atoms with Gasteiger partial charge in [0.2, 0.25) is 0 Å². The lowest BCUT2D eigenvalue weighted by Crippen LogP contribution is -1.89. The molecule has 0 fully saturated rings. The molecule has 0 atom stereocenters. The van der Waals surface area contributed by atoms with Crippen molar-refractivity contribution in [3.05, 3.63) is 12.8 Å². The van der Waals surface area contributed by atoms with Crippen LogP contribution in [0.3, 0.4) is 0 Å². The lowest BCUT2D eigenvalue weighted by atomic mass is 10.1. The smallest absolute Gasteiger partial charge is 0.325 e. The van der Waals surface area contributed by atoms with Crippen LogP contribution in [0.15, 0.2) is 12.8 Å². The maximum atomic E-state index is 10.6. The van der Waals surface area contributed by atoms with Gasteiger partial charge < -0.3 is 14.5 Å². The number of unbranched alkanes of at least 4 members (excludes halogenated alkanes) is 7. The monoisotopic (exact) mass is 264 g/mol. The standard InChI is InChI=1S/C12H25O4P/c1-2-16-11-9-7-5-3-4-6-8-10-12-17(13,14)15/h2H,1,3-12H2,(H2,13,14,15). The molecule has 0 aliphatic heterocycles. The number of hydrogen-bond acceptors (Lipinski definition) is 2. The fourth-order valence-corrected chi connectivity index (χ4v) is 2.28. The first-order chi connectivity index (χ1) is 8.06. The second-order valence-corrected chi connectivity index (χ2v) is 6.03. The molecule has 0 aromatic rings. The van der Waals surface area contributed by atoms with Crippen molar-refractivity contribution in [1.82, 2.24) is 0 Å². The second-order valence-electron chi connectivity index (χ2n) is 4.25. The van der Waals surface area contributed by atoms with E-state index in [0.717, 1.165) is 32.3 Å². The molecule has 0 bridgehead atoms. The molecule has 102 valence electrons. The Bertz CT molecular complexity index is 225. The molecular formula is C12H25O4P. The number of ether oxygens (including phenoxy) is 1. The van der Waals surface area contributed by atoms with Crippen molar-refractivity contribution in [1.29, 1.82) is 0 Å². The largest absolute Gasteiger partial charge is 0.502 e. The highest BCUT2D eigenvalue weighted by molar-refractivity contribution is 7.51. The van der Waals surface area contributed by atoms with Crippen molar-refractivity contribution in [3.63, 3.8) is 0 Å². The van der Waals surface area contributed by atoms with E-state index in [2.05, 4.69) is 6.58 Å². The molecule has 0 aromatic heterocycles. The van der Waals surface area contributed by atoms with Gasteiger partial charge in [-0.3, -0.25) is 4.57 Å². The molecular weight excluding hydrogens is 239 g/mol. The SMILES string of the molecule is C=COCCCCCCCCCCP(=O)(O)O. The van der Waals surface area contributed by atoms with E-state index in [9.17, 15) is 4.57 Å². The number of rotatable bonds is 12. The van der Waals surface area contributed by atoms with Gasteiger partial charge in [0.15, 0.2) is 0 Å². The van der Waals surface area contributed by atoms with Crippen LogP contribution in [0.2, 0.25) is 0 Å². The van der Waals surface area contributed by atoms with E-state index in [-0.39, 0.29) is 6.16 Å². The minimum absolute atomic E-state index is 0.0336. The molecule has 0 aliphatic carbocycles. The summed E-state index contributed by atoms with van der Waals surface area (Å²) in [5.41, 5.74) is 0. The minimum Gasteiger partial charge on any atom is -0.502 e. The summed E-state index contributed by atoms with van der Waals surface area (Å²) in [4.78, 5) is 17.3. The van der Waals surface area contributed by atoms with Crippen molar-refractivity contribution in [2.75, 3.05) is 12.8 Å². The molecule has 0 amide bonds. The van der Waals surface area contributed by atoms with Gasteiger partial charge >= 0.3 is 7.60 Å². The fourth-order valence-electron chi connectivity index (χ4n) is 1.65. The summed E-state index contributed by atoms with van der Waals surface area (Å²) in [6.45, 7) is 4.23. The van der Waals surface area contributed by atoms with Gasteiger partial charge in [-0.15, -0.1) is 0 Å². The van der Waals surface area contributed by atoms with E-state index in [1.54, 1.807) is 0 Å². The molecule has 0 aromatic carbocycles. The van der Waals surface area contributed by atoms with Gasteiger partial charge in [0.05, 0.1) is 12.9 Å². The van der Waals surface area contributed by atoms with Gasteiger partial charge in [-0.05, 0) is 12.8 Å². The van der Waals surface area contributed by atoms with Crippen LogP contribution in [0.4, 0.5) is 0 Å². The Morgan fingerprint density at radius 1 is 0.941 bits per heavy atom. The molecule has 5 heteroatoms. The maximum absolute atomic E-state index is 10.6. The Hall–Kier alpha value is -0.310. The predicted molar refractivity (Wildman–Crippen MR) is 70.0 cm³/mol. The molecule has 4 nitrogen and oxygen atoms in total. The normalized spacial score (nSPS) is 11.4. The summed E-state index contributed by atoms with van der Waals surface area (Å²) in [6.07, 6.45) is 9.95. The van der Waals surface area contributed by atoms with E-state index < -0.39 is 7.60 Å². The Morgan fingerprint density at radius 3 is 1.88 bits per heavy atom. The summed E-state index contributed by atoms with van der Waals surface area (Å²) in [7, 11) is -3.76. The lowest BCUT2D eigenvalue weighted by Gasteiger charge is -2.04. The average molecular weight is 264 g/mol. The average Bonchev–Trinajstić information content (AvgIpc) is 2.24. The van der Waals surface area contributed by atoms with E-state index in [0.29, 0.717) is 6.42 Å². The fraction of sp³-hybridized carbons (Fsp3) is 0.833. The molecule has 17 heavy (non-hydrogen) atoms. The molecule has 0 heterocycles. The van der Waals surface area contributed by atoms with Gasteiger partial charge in [-0.25, -0.2) is 0 Å². The molecule has 2 N–H and O–H groups in total. The highest BCUT2D eigenvalue weighted by Gasteiger charge is 2.10. The van der Waals surface area contributed by atoms with Crippen molar-refractivity contribution in [2.45, 2.75) is 51.4 Å². The van der Waals surface area contributed by atoms with Crippen LogP contribution in [0.25, 0.3) is 0 Å². The molecule has 0 spiro atoms. The van der Waals surface area contributed by atoms with E-state index in [1.807, 2.05) is 0 Å². The Balaban J connectivity index is 3.04. The van der Waals surface area contributed by atoms with Crippen molar-refractivity contribution >= 4 is 7.60 Å². The minimum atomic E-state index is -3.76. The molecule has 0 saturated heterocycles. The first-order valence-corrected chi connectivity index (χ1v) is 8.13. The van der Waals surface area contributed by atoms with Crippen LogP contribution < -0.4 is 0 Å². The summed E-state index contributed by atoms with van der Waals surface area (Å²) < 4.78 is 15.6. The van der Waals surface area contributed by atoms with Crippen LogP contribution in [0, 0.1) is 0 Å². The molecule has 0 saturated carbocycles. The lowest BCUT2D eigenvalue weighted by molar-refractivity contribution is 0.241. The Kier molecular flexibility index (Phi) is 10.6.